The Labute approximate surface area is 199 Å². The molecule has 6 heteroatoms. The molecule has 0 bridgehead atoms. The van der Waals surface area contributed by atoms with Gasteiger partial charge in [0.15, 0.2) is 0 Å². The van der Waals surface area contributed by atoms with E-state index in [0.29, 0.717) is 19.6 Å². The second-order valence-corrected chi connectivity index (χ2v) is 8.83. The first-order valence-corrected chi connectivity index (χ1v) is 11.6. The van der Waals surface area contributed by atoms with Crippen molar-refractivity contribution in [3.8, 4) is 0 Å². The number of β-amino-alcohol motifs (C(OH)–C–C–N with tert-alkyl or cyclic N) is 1. The SMILES string of the molecule is O=C(OCc1ccccc1)N1C[C@@H](O)[C@H](N(Cc2ccccc2)Cc2cccc3[nH]ccc23)C1. The lowest BCUT2D eigenvalue weighted by molar-refractivity contribution is 0.0731. The number of carbonyl (C=O) groups is 1. The minimum Gasteiger partial charge on any atom is -0.445 e. The summed E-state index contributed by atoms with van der Waals surface area (Å²) < 4.78 is 5.53. The van der Waals surface area contributed by atoms with Crippen LogP contribution in [0.25, 0.3) is 10.9 Å². The van der Waals surface area contributed by atoms with Crippen LogP contribution in [0.2, 0.25) is 0 Å². The fraction of sp³-hybridized carbons (Fsp3) is 0.250. The number of hydrogen-bond acceptors (Lipinski definition) is 4. The standard InChI is InChI=1S/C28H29N3O3/c32-27-19-31(28(33)34-20-22-10-5-2-6-11-22)18-26(27)30(16-21-8-3-1-4-9-21)17-23-12-7-13-25-24(23)14-15-29-25/h1-15,26-27,29,32H,16-20H2/t26-,27-/m1/s1. The van der Waals surface area contributed by atoms with Crippen LogP contribution in [-0.2, 0) is 24.4 Å². The number of aliphatic hydroxyl groups is 1. The zero-order valence-corrected chi connectivity index (χ0v) is 19.0. The summed E-state index contributed by atoms with van der Waals surface area (Å²) in [5.41, 5.74) is 4.39. The molecule has 2 N–H and O–H groups in total. The number of aromatic amines is 1. The molecule has 1 saturated heterocycles. The number of fused-ring (bicyclic) bond motifs is 1. The Morgan fingerprint density at radius 3 is 2.41 bits per heavy atom. The number of benzene rings is 3. The third kappa shape index (κ3) is 4.98. The third-order valence-corrected chi connectivity index (χ3v) is 6.48. The molecule has 1 aliphatic heterocycles. The van der Waals surface area contributed by atoms with Crippen LogP contribution in [0.1, 0.15) is 16.7 Å². The Morgan fingerprint density at radius 2 is 1.65 bits per heavy atom. The van der Waals surface area contributed by atoms with Crippen molar-refractivity contribution < 1.29 is 14.6 Å². The van der Waals surface area contributed by atoms with Crippen LogP contribution < -0.4 is 0 Å². The van der Waals surface area contributed by atoms with E-state index in [9.17, 15) is 9.90 Å². The Balaban J connectivity index is 1.33. The topological polar surface area (TPSA) is 68.8 Å². The van der Waals surface area contributed by atoms with E-state index in [4.69, 9.17) is 4.74 Å². The van der Waals surface area contributed by atoms with Gasteiger partial charge in [-0.1, -0.05) is 72.8 Å². The molecule has 0 saturated carbocycles. The molecule has 34 heavy (non-hydrogen) atoms. The first-order chi connectivity index (χ1) is 16.7. The summed E-state index contributed by atoms with van der Waals surface area (Å²) in [6.45, 7) is 2.25. The number of hydrogen-bond donors (Lipinski definition) is 2. The number of aromatic nitrogens is 1. The summed E-state index contributed by atoms with van der Waals surface area (Å²) in [5, 5.41) is 12.2. The predicted octanol–water partition coefficient (Wildman–Crippen LogP) is 4.55. The molecule has 6 nitrogen and oxygen atoms in total. The zero-order valence-electron chi connectivity index (χ0n) is 19.0. The maximum absolute atomic E-state index is 12.8. The molecule has 4 aromatic rings. The van der Waals surface area contributed by atoms with Crippen LogP contribution in [0, 0.1) is 0 Å². The van der Waals surface area contributed by atoms with Gasteiger partial charge in [0.05, 0.1) is 18.7 Å². The number of nitrogens with zero attached hydrogens (tertiary/aromatic N) is 2. The molecular weight excluding hydrogens is 426 g/mol. The van der Waals surface area contributed by atoms with Crippen LogP contribution in [0.3, 0.4) is 0 Å². The highest BCUT2D eigenvalue weighted by Gasteiger charge is 2.38. The van der Waals surface area contributed by atoms with Crippen molar-refractivity contribution in [1.82, 2.24) is 14.8 Å². The Hall–Kier alpha value is -3.61. The highest BCUT2D eigenvalue weighted by atomic mass is 16.6. The van der Waals surface area contributed by atoms with Crippen LogP contribution in [0.4, 0.5) is 4.79 Å². The normalized spacial score (nSPS) is 18.0. The lowest BCUT2D eigenvalue weighted by Crippen LogP contribution is -2.42. The molecule has 1 fully saturated rings. The van der Waals surface area contributed by atoms with Gasteiger partial charge in [-0.05, 0) is 28.8 Å². The number of nitrogens with one attached hydrogen (secondary N) is 1. The summed E-state index contributed by atoms with van der Waals surface area (Å²) in [6.07, 6.45) is 0.904. The highest BCUT2D eigenvalue weighted by molar-refractivity contribution is 5.82. The number of amides is 1. The van der Waals surface area contributed by atoms with Crippen molar-refractivity contribution in [1.29, 1.82) is 0 Å². The molecule has 3 aromatic carbocycles. The molecule has 174 valence electrons. The number of H-pyrrole nitrogens is 1. The van der Waals surface area contributed by atoms with Gasteiger partial charge in [-0.3, -0.25) is 4.90 Å². The summed E-state index contributed by atoms with van der Waals surface area (Å²) in [6, 6.07) is 28.0. The van der Waals surface area contributed by atoms with E-state index >= 15 is 0 Å². The highest BCUT2D eigenvalue weighted by Crippen LogP contribution is 2.25. The number of rotatable bonds is 7. The number of aliphatic hydroxyl groups excluding tert-OH is 1. The lowest BCUT2D eigenvalue weighted by Gasteiger charge is -2.31. The van der Waals surface area contributed by atoms with Gasteiger partial charge in [-0.15, -0.1) is 0 Å². The van der Waals surface area contributed by atoms with Crippen molar-refractivity contribution in [3.05, 3.63) is 108 Å². The first kappa shape index (κ1) is 22.2. The largest absolute Gasteiger partial charge is 0.445 e. The van der Waals surface area contributed by atoms with Crippen LogP contribution in [0.15, 0.2) is 91.1 Å². The molecular formula is C28H29N3O3. The summed E-state index contributed by atoms with van der Waals surface area (Å²) >= 11 is 0. The van der Waals surface area contributed by atoms with Gasteiger partial charge >= 0.3 is 6.09 Å². The molecule has 1 amide bonds. The second-order valence-electron chi connectivity index (χ2n) is 8.83. The van der Waals surface area contributed by atoms with E-state index in [1.54, 1.807) is 4.90 Å². The van der Waals surface area contributed by atoms with E-state index in [0.717, 1.165) is 11.1 Å². The summed E-state index contributed by atoms with van der Waals surface area (Å²) in [4.78, 5) is 19.9. The Bertz CT molecular complexity index is 1230. The number of likely N-dealkylation sites (tertiary alicyclic amines) is 1. The summed E-state index contributed by atoms with van der Waals surface area (Å²) in [7, 11) is 0. The van der Waals surface area contributed by atoms with Crippen molar-refractivity contribution in [2.24, 2.45) is 0 Å². The lowest BCUT2D eigenvalue weighted by atomic mass is 10.1. The predicted molar refractivity (Wildman–Crippen MR) is 132 cm³/mol. The third-order valence-electron chi connectivity index (χ3n) is 6.48. The smallest absolute Gasteiger partial charge is 0.410 e. The van der Waals surface area contributed by atoms with E-state index in [1.165, 1.54) is 16.5 Å². The minimum atomic E-state index is -0.654. The van der Waals surface area contributed by atoms with E-state index < -0.39 is 12.2 Å². The van der Waals surface area contributed by atoms with Gasteiger partial charge in [0, 0.05) is 36.7 Å². The van der Waals surface area contributed by atoms with Crippen LogP contribution in [0.5, 0.6) is 0 Å². The molecule has 0 spiro atoms. The molecule has 1 aliphatic rings. The monoisotopic (exact) mass is 455 g/mol. The van der Waals surface area contributed by atoms with E-state index in [2.05, 4.69) is 40.2 Å². The van der Waals surface area contributed by atoms with Gasteiger partial charge in [-0.2, -0.15) is 0 Å². The second kappa shape index (κ2) is 10.1. The minimum absolute atomic E-state index is 0.196. The first-order valence-electron chi connectivity index (χ1n) is 11.6. The molecule has 1 aromatic heterocycles. The van der Waals surface area contributed by atoms with Gasteiger partial charge in [0.25, 0.3) is 0 Å². The molecule has 0 unspecified atom stereocenters. The van der Waals surface area contributed by atoms with Crippen molar-refractivity contribution in [2.45, 2.75) is 31.8 Å². The van der Waals surface area contributed by atoms with Crippen molar-refractivity contribution in [3.63, 3.8) is 0 Å². The Kier molecular flexibility index (Phi) is 6.60. The Morgan fingerprint density at radius 1 is 0.912 bits per heavy atom. The maximum atomic E-state index is 12.8. The van der Waals surface area contributed by atoms with Crippen molar-refractivity contribution in [2.75, 3.05) is 13.1 Å². The van der Waals surface area contributed by atoms with Gasteiger partial charge < -0.3 is 19.7 Å². The molecule has 2 heterocycles. The van der Waals surface area contributed by atoms with Gasteiger partial charge in [0.2, 0.25) is 0 Å². The quantitative estimate of drug-likeness (QED) is 0.429. The molecule has 5 rings (SSSR count). The zero-order chi connectivity index (χ0) is 23.3. The fourth-order valence-electron chi connectivity index (χ4n) is 4.70. The number of ether oxygens (including phenoxy) is 1. The van der Waals surface area contributed by atoms with Crippen molar-refractivity contribution >= 4 is 17.0 Å². The fourth-order valence-corrected chi connectivity index (χ4v) is 4.70. The average molecular weight is 456 g/mol. The van der Waals surface area contributed by atoms with E-state index in [-0.39, 0.29) is 19.2 Å². The van der Waals surface area contributed by atoms with Crippen LogP contribution in [-0.4, -0.2) is 51.2 Å². The molecule has 2 atom stereocenters. The number of carbonyl (C=O) groups excluding carboxylic acids is 1. The average Bonchev–Trinajstić information content (AvgIpc) is 3.51. The van der Waals surface area contributed by atoms with Gasteiger partial charge in [0.1, 0.15) is 6.61 Å². The van der Waals surface area contributed by atoms with E-state index in [1.807, 2.05) is 60.8 Å². The summed E-state index contributed by atoms with van der Waals surface area (Å²) in [5.74, 6) is 0. The molecule has 0 radical (unpaired) electrons. The molecule has 0 aliphatic carbocycles. The van der Waals surface area contributed by atoms with Gasteiger partial charge in [-0.25, -0.2) is 4.79 Å². The van der Waals surface area contributed by atoms with Crippen LogP contribution >= 0.6 is 0 Å². The maximum Gasteiger partial charge on any atom is 0.410 e.